The average Bonchev–Trinajstić information content (AvgIpc) is 3.03. The van der Waals surface area contributed by atoms with Crippen LogP contribution in [-0.4, -0.2) is 19.8 Å². The second-order valence-electron chi connectivity index (χ2n) is 6.18. The summed E-state index contributed by atoms with van der Waals surface area (Å²) in [4.78, 5) is 4.92. The monoisotopic (exact) mass is 394 g/mol. The van der Waals surface area contributed by atoms with Crippen LogP contribution in [0.4, 0.5) is 5.69 Å². The Labute approximate surface area is 171 Å². The summed E-state index contributed by atoms with van der Waals surface area (Å²) in [5, 5.41) is 4.56. The predicted octanol–water partition coefficient (Wildman–Crippen LogP) is 6.25. The third-order valence-electron chi connectivity index (χ3n) is 4.36. The second kappa shape index (κ2) is 10.3. The van der Waals surface area contributed by atoms with Crippen LogP contribution in [0, 0.1) is 0 Å². The molecular formula is C23H26N2S2. The van der Waals surface area contributed by atoms with Gasteiger partial charge in [-0.15, -0.1) is 11.8 Å². The fraction of sp³-hybridized carbons (Fsp3) is 0.217. The summed E-state index contributed by atoms with van der Waals surface area (Å²) < 4.78 is 0. The van der Waals surface area contributed by atoms with Crippen molar-refractivity contribution in [3.63, 3.8) is 0 Å². The van der Waals surface area contributed by atoms with Crippen LogP contribution < -0.4 is 10.2 Å². The zero-order chi connectivity index (χ0) is 18.9. The molecule has 1 aliphatic heterocycles. The maximum atomic E-state index is 3.31. The largest absolute Gasteiger partial charge is 0.391 e. The normalized spacial score (nSPS) is 18.6. The van der Waals surface area contributed by atoms with Gasteiger partial charge >= 0.3 is 0 Å². The Kier molecular flexibility index (Phi) is 7.55. The second-order valence-corrected chi connectivity index (χ2v) is 8.30. The van der Waals surface area contributed by atoms with Gasteiger partial charge in [-0.2, -0.15) is 0 Å². The average molecular weight is 395 g/mol. The van der Waals surface area contributed by atoms with E-state index in [1.165, 1.54) is 26.2 Å². The summed E-state index contributed by atoms with van der Waals surface area (Å²) >= 11 is 3.70. The third kappa shape index (κ3) is 5.47. The first-order valence-electron chi connectivity index (χ1n) is 9.20. The molecule has 3 rings (SSSR count). The molecule has 0 saturated heterocycles. The molecule has 4 heteroatoms. The Morgan fingerprint density at radius 2 is 1.96 bits per heavy atom. The molecule has 2 nitrogen and oxygen atoms in total. The summed E-state index contributed by atoms with van der Waals surface area (Å²) in [5.74, 6) is 0.989. The first-order valence-corrected chi connectivity index (χ1v) is 11.0. The van der Waals surface area contributed by atoms with Gasteiger partial charge in [0.05, 0.1) is 10.7 Å². The van der Waals surface area contributed by atoms with E-state index in [4.69, 9.17) is 0 Å². The lowest BCUT2D eigenvalue weighted by Gasteiger charge is -2.14. The molecule has 27 heavy (non-hydrogen) atoms. The van der Waals surface area contributed by atoms with Gasteiger partial charge in [0.2, 0.25) is 0 Å². The summed E-state index contributed by atoms with van der Waals surface area (Å²) in [6.45, 7) is 0. The highest BCUT2D eigenvalue weighted by molar-refractivity contribution is 8.03. The Bertz CT molecular complexity index is 829. The number of nitrogens with one attached hydrogen (secondary N) is 1. The van der Waals surface area contributed by atoms with Crippen LogP contribution in [0.25, 0.3) is 0 Å². The van der Waals surface area contributed by atoms with Crippen molar-refractivity contribution in [1.82, 2.24) is 5.32 Å². The van der Waals surface area contributed by atoms with Gasteiger partial charge in [-0.1, -0.05) is 72.5 Å². The number of para-hydroxylation sites is 1. The molecule has 0 fully saturated rings. The van der Waals surface area contributed by atoms with E-state index >= 15 is 0 Å². The molecule has 0 amide bonds. The first kappa shape index (κ1) is 19.7. The van der Waals surface area contributed by atoms with Gasteiger partial charge in [-0.3, -0.25) is 0 Å². The number of rotatable bonds is 7. The number of hydrogen-bond acceptors (Lipinski definition) is 4. The Morgan fingerprint density at radius 1 is 1.15 bits per heavy atom. The maximum Gasteiger partial charge on any atom is 0.0798 e. The van der Waals surface area contributed by atoms with E-state index in [0.717, 1.165) is 18.6 Å². The Hall–Kier alpha value is -2.04. The summed E-state index contributed by atoms with van der Waals surface area (Å²) in [6.07, 6.45) is 21.6. The molecule has 2 aliphatic rings. The minimum atomic E-state index is 0.989. The van der Waals surface area contributed by atoms with Crippen LogP contribution in [0.15, 0.2) is 99.5 Å². The van der Waals surface area contributed by atoms with Crippen LogP contribution >= 0.6 is 23.5 Å². The zero-order valence-corrected chi connectivity index (χ0v) is 17.5. The molecule has 0 atom stereocenters. The third-order valence-corrected chi connectivity index (χ3v) is 6.59. The van der Waals surface area contributed by atoms with Crippen LogP contribution in [0.3, 0.4) is 0 Å². The van der Waals surface area contributed by atoms with Crippen molar-refractivity contribution in [2.24, 2.45) is 0 Å². The van der Waals surface area contributed by atoms with E-state index in [-0.39, 0.29) is 0 Å². The molecule has 0 unspecified atom stereocenters. The van der Waals surface area contributed by atoms with Gasteiger partial charge in [0.25, 0.3) is 0 Å². The SMILES string of the molecule is CNC1=C(SC/C=C/C=C/C=C/C=C2\Sc3ccccc3N2C)C=CCC1. The Morgan fingerprint density at radius 3 is 2.81 bits per heavy atom. The number of fused-ring (bicyclic) bond motifs is 1. The van der Waals surface area contributed by atoms with Gasteiger partial charge in [0.15, 0.2) is 0 Å². The molecule has 0 spiro atoms. The highest BCUT2D eigenvalue weighted by Crippen LogP contribution is 2.44. The predicted molar refractivity (Wildman–Crippen MR) is 123 cm³/mol. The van der Waals surface area contributed by atoms with E-state index in [1.807, 2.05) is 30.6 Å². The number of anilines is 1. The summed E-state index contributed by atoms with van der Waals surface area (Å²) in [6, 6.07) is 8.51. The minimum Gasteiger partial charge on any atom is -0.391 e. The van der Waals surface area contributed by atoms with Gasteiger partial charge in [-0.25, -0.2) is 0 Å². The molecule has 0 bridgehead atoms. The molecule has 0 saturated carbocycles. The van der Waals surface area contributed by atoms with Crippen molar-refractivity contribution >= 4 is 29.2 Å². The van der Waals surface area contributed by atoms with E-state index in [2.05, 4.69) is 96.2 Å². The molecule has 1 aromatic rings. The maximum absolute atomic E-state index is 3.31. The quantitative estimate of drug-likeness (QED) is 0.549. The van der Waals surface area contributed by atoms with Crippen molar-refractivity contribution in [3.05, 3.63) is 94.6 Å². The lowest BCUT2D eigenvalue weighted by Crippen LogP contribution is -2.09. The standard InChI is InChI=1S/C23H26N2S2/c1-24-19-13-8-10-15-21(19)26-18-12-6-4-3-5-7-17-23-25(2)20-14-9-11-16-22(20)27-23/h3-7,9-12,14-17,24H,8,13,18H2,1-2H3/b4-3+,7-5+,12-6+,23-17-. The number of thioether (sulfide) groups is 2. The van der Waals surface area contributed by atoms with Crippen LogP contribution in [-0.2, 0) is 0 Å². The fourth-order valence-electron chi connectivity index (χ4n) is 2.89. The van der Waals surface area contributed by atoms with Gasteiger partial charge in [0.1, 0.15) is 0 Å². The number of allylic oxidation sites excluding steroid dienone is 9. The molecule has 0 aromatic heterocycles. The number of benzene rings is 1. The minimum absolute atomic E-state index is 0.989. The fourth-order valence-corrected chi connectivity index (χ4v) is 4.91. The van der Waals surface area contributed by atoms with Crippen molar-refractivity contribution in [3.8, 4) is 0 Å². The van der Waals surface area contributed by atoms with Gasteiger partial charge < -0.3 is 10.2 Å². The molecule has 1 N–H and O–H groups in total. The highest BCUT2D eigenvalue weighted by atomic mass is 32.2. The van der Waals surface area contributed by atoms with Crippen LogP contribution in [0.5, 0.6) is 0 Å². The van der Waals surface area contributed by atoms with Crippen molar-refractivity contribution in [1.29, 1.82) is 0 Å². The molecule has 1 aromatic carbocycles. The zero-order valence-electron chi connectivity index (χ0n) is 15.9. The summed E-state index contributed by atoms with van der Waals surface area (Å²) in [5.41, 5.74) is 2.64. The molecule has 1 aliphatic carbocycles. The van der Waals surface area contributed by atoms with Gasteiger partial charge in [-0.05, 0) is 31.1 Å². The van der Waals surface area contributed by atoms with Crippen molar-refractivity contribution < 1.29 is 0 Å². The number of nitrogens with zero attached hydrogens (tertiary/aromatic N) is 1. The van der Waals surface area contributed by atoms with Crippen LogP contribution in [0.2, 0.25) is 0 Å². The molecular weight excluding hydrogens is 368 g/mol. The smallest absolute Gasteiger partial charge is 0.0798 e. The van der Waals surface area contributed by atoms with Crippen molar-refractivity contribution in [2.75, 3.05) is 24.7 Å². The number of hydrogen-bond donors (Lipinski definition) is 1. The lowest BCUT2D eigenvalue weighted by molar-refractivity contribution is 0.837. The van der Waals surface area contributed by atoms with Crippen LogP contribution in [0.1, 0.15) is 12.8 Å². The Balaban J connectivity index is 1.43. The van der Waals surface area contributed by atoms with E-state index in [0.29, 0.717) is 0 Å². The molecule has 140 valence electrons. The topological polar surface area (TPSA) is 15.3 Å². The lowest BCUT2D eigenvalue weighted by atomic mass is 10.1. The van der Waals surface area contributed by atoms with E-state index < -0.39 is 0 Å². The van der Waals surface area contributed by atoms with E-state index in [1.54, 1.807) is 0 Å². The van der Waals surface area contributed by atoms with E-state index in [9.17, 15) is 0 Å². The molecule has 0 radical (unpaired) electrons. The highest BCUT2D eigenvalue weighted by Gasteiger charge is 2.20. The van der Waals surface area contributed by atoms with Crippen molar-refractivity contribution in [2.45, 2.75) is 17.7 Å². The molecule has 1 heterocycles. The summed E-state index contributed by atoms with van der Waals surface area (Å²) in [7, 11) is 4.13. The van der Waals surface area contributed by atoms with Gasteiger partial charge in [0, 0.05) is 35.3 Å². The first-order chi connectivity index (χ1) is 13.3.